The smallest absolute Gasteiger partial charge is 0.231 e. The molecule has 5 rings (SSSR count). The number of carbonyl (C=O) groups is 1. The lowest BCUT2D eigenvalue weighted by Gasteiger charge is -2.34. The molecule has 0 radical (unpaired) electrons. The Hall–Kier alpha value is -1.63. The van der Waals surface area contributed by atoms with Gasteiger partial charge in [-0.1, -0.05) is 25.0 Å². The summed E-state index contributed by atoms with van der Waals surface area (Å²) in [6.45, 7) is 5.77. The van der Waals surface area contributed by atoms with Crippen LogP contribution in [-0.4, -0.2) is 63.0 Å². The molecule has 4 aliphatic rings. The maximum Gasteiger partial charge on any atom is 0.231 e. The number of nitrogens with zero attached hydrogens (tertiary/aromatic N) is 1. The fraction of sp³-hybridized carbons (Fsp3) is 0.741. The highest BCUT2D eigenvalue weighted by molar-refractivity contribution is 5.79. The molecule has 6 heteroatoms. The normalized spacial score (nSPS) is 28.7. The minimum Gasteiger partial charge on any atom is -0.454 e. The number of hydrogen-bond donors (Lipinski definition) is 0. The van der Waals surface area contributed by atoms with Crippen molar-refractivity contribution in [1.82, 2.24) is 4.90 Å². The predicted molar refractivity (Wildman–Crippen MR) is 126 cm³/mol. The van der Waals surface area contributed by atoms with E-state index in [1.807, 2.05) is 6.07 Å². The van der Waals surface area contributed by atoms with Crippen molar-refractivity contribution in [3.63, 3.8) is 0 Å². The zero-order chi connectivity index (χ0) is 22.5. The Morgan fingerprint density at radius 1 is 0.939 bits per heavy atom. The SMILES string of the molecule is O=C(CC1CCC(CCN2CCC(c3cccc4c3OCO4)CC2)CC1)C[C@H]1COCCO1. The van der Waals surface area contributed by atoms with Crippen LogP contribution in [0.4, 0.5) is 0 Å². The second-order valence-electron chi connectivity index (χ2n) is 10.4. The van der Waals surface area contributed by atoms with E-state index >= 15 is 0 Å². The van der Waals surface area contributed by atoms with Crippen LogP contribution in [0.5, 0.6) is 11.5 Å². The Kier molecular flexibility index (Phi) is 7.85. The molecular weight excluding hydrogens is 418 g/mol. The second kappa shape index (κ2) is 11.2. The van der Waals surface area contributed by atoms with Crippen LogP contribution in [0.3, 0.4) is 0 Å². The summed E-state index contributed by atoms with van der Waals surface area (Å²) >= 11 is 0. The number of ketones is 1. The number of rotatable bonds is 8. The molecule has 0 N–H and O–H groups in total. The Bertz CT molecular complexity index is 777. The number of ether oxygens (including phenoxy) is 4. The summed E-state index contributed by atoms with van der Waals surface area (Å²) in [4.78, 5) is 15.1. The van der Waals surface area contributed by atoms with Gasteiger partial charge < -0.3 is 23.8 Å². The van der Waals surface area contributed by atoms with E-state index < -0.39 is 0 Å². The molecule has 3 heterocycles. The molecule has 33 heavy (non-hydrogen) atoms. The Morgan fingerprint density at radius 3 is 2.55 bits per heavy atom. The van der Waals surface area contributed by atoms with Gasteiger partial charge in [0.25, 0.3) is 0 Å². The third-order valence-corrected chi connectivity index (χ3v) is 8.13. The molecule has 0 amide bonds. The van der Waals surface area contributed by atoms with E-state index in [1.165, 1.54) is 70.1 Å². The lowest BCUT2D eigenvalue weighted by molar-refractivity contribution is -0.130. The highest BCUT2D eigenvalue weighted by Gasteiger charge is 2.28. The van der Waals surface area contributed by atoms with E-state index in [9.17, 15) is 4.79 Å². The number of para-hydroxylation sites is 1. The van der Waals surface area contributed by atoms with Crippen molar-refractivity contribution < 1.29 is 23.7 Å². The van der Waals surface area contributed by atoms with Crippen LogP contribution in [-0.2, 0) is 14.3 Å². The van der Waals surface area contributed by atoms with Gasteiger partial charge in [0.15, 0.2) is 11.5 Å². The average molecular weight is 458 g/mol. The molecule has 1 aromatic rings. The third-order valence-electron chi connectivity index (χ3n) is 8.13. The van der Waals surface area contributed by atoms with Gasteiger partial charge in [-0.05, 0) is 75.6 Å². The molecule has 1 aromatic carbocycles. The summed E-state index contributed by atoms with van der Waals surface area (Å²) in [6.07, 6.45) is 9.93. The van der Waals surface area contributed by atoms with Crippen LogP contribution in [0.25, 0.3) is 0 Å². The largest absolute Gasteiger partial charge is 0.454 e. The summed E-state index contributed by atoms with van der Waals surface area (Å²) < 4.78 is 22.3. The number of carbonyl (C=O) groups excluding carboxylic acids is 1. The molecule has 1 saturated carbocycles. The van der Waals surface area contributed by atoms with Crippen molar-refractivity contribution in [3.05, 3.63) is 23.8 Å². The van der Waals surface area contributed by atoms with Crippen LogP contribution in [0.2, 0.25) is 0 Å². The third kappa shape index (κ3) is 6.09. The van der Waals surface area contributed by atoms with Crippen molar-refractivity contribution in [3.8, 4) is 11.5 Å². The van der Waals surface area contributed by atoms with Gasteiger partial charge in [-0.25, -0.2) is 0 Å². The Morgan fingerprint density at radius 2 is 1.76 bits per heavy atom. The van der Waals surface area contributed by atoms with Crippen molar-refractivity contribution in [2.45, 2.75) is 69.8 Å². The number of fused-ring (bicyclic) bond motifs is 1. The van der Waals surface area contributed by atoms with E-state index in [4.69, 9.17) is 18.9 Å². The molecule has 1 atom stereocenters. The molecular formula is C27H39NO5. The van der Waals surface area contributed by atoms with Crippen molar-refractivity contribution in [2.24, 2.45) is 11.8 Å². The van der Waals surface area contributed by atoms with Crippen LogP contribution in [0.1, 0.15) is 69.3 Å². The fourth-order valence-corrected chi connectivity index (χ4v) is 6.14. The van der Waals surface area contributed by atoms with Crippen LogP contribution in [0.15, 0.2) is 18.2 Å². The predicted octanol–water partition coefficient (Wildman–Crippen LogP) is 4.56. The van der Waals surface area contributed by atoms with Gasteiger partial charge in [-0.2, -0.15) is 0 Å². The van der Waals surface area contributed by atoms with Crippen LogP contribution in [0, 0.1) is 11.8 Å². The monoisotopic (exact) mass is 457 g/mol. The molecule has 3 fully saturated rings. The quantitative estimate of drug-likeness (QED) is 0.571. The lowest BCUT2D eigenvalue weighted by atomic mass is 9.78. The van der Waals surface area contributed by atoms with Gasteiger partial charge in [0.2, 0.25) is 6.79 Å². The van der Waals surface area contributed by atoms with Gasteiger partial charge in [0.05, 0.1) is 25.9 Å². The van der Waals surface area contributed by atoms with Crippen LogP contribution < -0.4 is 9.47 Å². The van der Waals surface area contributed by atoms with E-state index in [0.29, 0.717) is 50.7 Å². The zero-order valence-electron chi connectivity index (χ0n) is 19.8. The summed E-state index contributed by atoms with van der Waals surface area (Å²) in [7, 11) is 0. The van der Waals surface area contributed by atoms with Crippen LogP contribution >= 0.6 is 0 Å². The summed E-state index contributed by atoms with van der Waals surface area (Å²) in [6, 6.07) is 6.32. The van der Waals surface area contributed by atoms with E-state index in [-0.39, 0.29) is 6.10 Å². The Balaban J connectivity index is 0.980. The van der Waals surface area contributed by atoms with Crippen molar-refractivity contribution in [2.75, 3.05) is 46.2 Å². The topological polar surface area (TPSA) is 57.2 Å². The molecule has 6 nitrogen and oxygen atoms in total. The molecule has 0 spiro atoms. The molecule has 1 aliphatic carbocycles. The fourth-order valence-electron chi connectivity index (χ4n) is 6.14. The second-order valence-corrected chi connectivity index (χ2v) is 10.4. The first-order valence-corrected chi connectivity index (χ1v) is 13.1. The highest BCUT2D eigenvalue weighted by Crippen LogP contribution is 2.42. The highest BCUT2D eigenvalue weighted by atomic mass is 16.7. The minimum absolute atomic E-state index is 0.0182. The van der Waals surface area contributed by atoms with Gasteiger partial charge in [-0.15, -0.1) is 0 Å². The summed E-state index contributed by atoms with van der Waals surface area (Å²) in [5.41, 5.74) is 1.33. The lowest BCUT2D eigenvalue weighted by Crippen LogP contribution is -2.35. The summed E-state index contributed by atoms with van der Waals surface area (Å²) in [5.74, 6) is 4.23. The number of Topliss-reactive ketones (excluding diaryl/α,β-unsaturated/α-hetero) is 1. The van der Waals surface area contributed by atoms with E-state index in [1.54, 1.807) is 0 Å². The number of likely N-dealkylation sites (tertiary alicyclic amines) is 1. The van der Waals surface area contributed by atoms with E-state index in [0.717, 1.165) is 23.8 Å². The number of benzene rings is 1. The summed E-state index contributed by atoms with van der Waals surface area (Å²) in [5, 5.41) is 0. The van der Waals surface area contributed by atoms with Gasteiger partial charge >= 0.3 is 0 Å². The first-order chi connectivity index (χ1) is 16.2. The zero-order valence-corrected chi connectivity index (χ0v) is 19.8. The van der Waals surface area contributed by atoms with Gasteiger partial charge in [0, 0.05) is 18.4 Å². The van der Waals surface area contributed by atoms with Crippen molar-refractivity contribution in [1.29, 1.82) is 0 Å². The molecule has 0 aromatic heterocycles. The standard InChI is InChI=1S/C27H39NO5/c29-23(17-24-18-30-14-15-31-24)16-21-6-4-20(5-7-21)8-11-28-12-9-22(10-13-28)25-2-1-3-26-27(25)33-19-32-26/h1-3,20-22,24H,4-19H2/t20?,21?,24-/m0/s1. The van der Waals surface area contributed by atoms with Crippen molar-refractivity contribution >= 4 is 5.78 Å². The van der Waals surface area contributed by atoms with Gasteiger partial charge in [-0.3, -0.25) is 4.79 Å². The molecule has 2 saturated heterocycles. The molecule has 0 unspecified atom stereocenters. The first-order valence-electron chi connectivity index (χ1n) is 13.1. The number of hydrogen-bond acceptors (Lipinski definition) is 6. The maximum atomic E-state index is 12.4. The average Bonchev–Trinajstić information content (AvgIpc) is 3.34. The first kappa shape index (κ1) is 23.1. The minimum atomic E-state index is -0.0182. The molecule has 0 bridgehead atoms. The van der Waals surface area contributed by atoms with E-state index in [2.05, 4.69) is 17.0 Å². The molecule has 182 valence electrons. The number of piperidine rings is 1. The Labute approximate surface area is 197 Å². The maximum absolute atomic E-state index is 12.4. The molecule has 3 aliphatic heterocycles. The van der Waals surface area contributed by atoms with Gasteiger partial charge in [0.1, 0.15) is 5.78 Å².